The molecule has 0 heterocycles. The van der Waals surface area contributed by atoms with E-state index in [0.29, 0.717) is 41.7 Å². The van der Waals surface area contributed by atoms with Crippen LogP contribution >= 0.6 is 11.6 Å². The van der Waals surface area contributed by atoms with E-state index in [-0.39, 0.29) is 5.91 Å². The van der Waals surface area contributed by atoms with Crippen LogP contribution in [0.4, 0.5) is 0 Å². The number of hydrogen-bond acceptors (Lipinski definition) is 4. The average Bonchev–Trinajstić information content (AvgIpc) is 2.64. The zero-order valence-electron chi connectivity index (χ0n) is 14.6. The molecular formula is C19H22ClNO4. The van der Waals surface area contributed by atoms with Gasteiger partial charge in [0, 0.05) is 18.6 Å². The first-order valence-electron chi connectivity index (χ1n) is 7.91. The summed E-state index contributed by atoms with van der Waals surface area (Å²) in [5.74, 6) is 1.73. The Bertz CT molecular complexity index is 720. The SMILES string of the molecule is COc1ccc(OC)c(C(=O)N(C)CCCOc2cccc(Cl)c2)c1. The maximum absolute atomic E-state index is 12.6. The van der Waals surface area contributed by atoms with Gasteiger partial charge in [0.15, 0.2) is 0 Å². The molecule has 2 aromatic carbocycles. The Morgan fingerprint density at radius 3 is 2.56 bits per heavy atom. The molecule has 0 aliphatic heterocycles. The fourth-order valence-corrected chi connectivity index (χ4v) is 2.52. The highest BCUT2D eigenvalue weighted by molar-refractivity contribution is 6.30. The van der Waals surface area contributed by atoms with Gasteiger partial charge >= 0.3 is 0 Å². The molecule has 0 atom stereocenters. The van der Waals surface area contributed by atoms with E-state index in [4.69, 9.17) is 25.8 Å². The van der Waals surface area contributed by atoms with Crippen molar-refractivity contribution in [2.24, 2.45) is 0 Å². The second kappa shape index (κ2) is 9.18. The Morgan fingerprint density at radius 2 is 1.88 bits per heavy atom. The first kappa shape index (κ1) is 18.9. The van der Waals surface area contributed by atoms with Crippen LogP contribution in [0, 0.1) is 0 Å². The van der Waals surface area contributed by atoms with E-state index in [1.807, 2.05) is 12.1 Å². The highest BCUT2D eigenvalue weighted by atomic mass is 35.5. The third-order valence-electron chi connectivity index (χ3n) is 3.69. The van der Waals surface area contributed by atoms with Gasteiger partial charge in [0.2, 0.25) is 0 Å². The average molecular weight is 364 g/mol. The van der Waals surface area contributed by atoms with Gasteiger partial charge in [-0.25, -0.2) is 0 Å². The summed E-state index contributed by atoms with van der Waals surface area (Å²) in [6.07, 6.45) is 0.695. The van der Waals surface area contributed by atoms with Crippen molar-refractivity contribution in [1.82, 2.24) is 4.90 Å². The molecule has 0 unspecified atom stereocenters. The Balaban J connectivity index is 1.90. The molecule has 0 aliphatic carbocycles. The molecule has 0 saturated heterocycles. The molecule has 0 radical (unpaired) electrons. The summed E-state index contributed by atoms with van der Waals surface area (Å²) in [5.41, 5.74) is 0.472. The highest BCUT2D eigenvalue weighted by Gasteiger charge is 2.17. The molecule has 0 aromatic heterocycles. The van der Waals surface area contributed by atoms with Gasteiger partial charge in [-0.1, -0.05) is 17.7 Å². The lowest BCUT2D eigenvalue weighted by molar-refractivity contribution is 0.0784. The molecule has 0 fully saturated rings. The van der Waals surface area contributed by atoms with Gasteiger partial charge in [0.05, 0.1) is 26.4 Å². The van der Waals surface area contributed by atoms with Crippen LogP contribution in [0.3, 0.4) is 0 Å². The normalized spacial score (nSPS) is 10.2. The van der Waals surface area contributed by atoms with Crippen LogP contribution in [-0.4, -0.2) is 45.2 Å². The number of hydrogen-bond donors (Lipinski definition) is 0. The van der Waals surface area contributed by atoms with Gasteiger partial charge in [0.25, 0.3) is 5.91 Å². The van der Waals surface area contributed by atoms with Crippen molar-refractivity contribution in [2.45, 2.75) is 6.42 Å². The lowest BCUT2D eigenvalue weighted by Gasteiger charge is -2.19. The predicted molar refractivity (Wildman–Crippen MR) is 98.1 cm³/mol. The maximum Gasteiger partial charge on any atom is 0.257 e. The second-order valence-corrected chi connectivity index (χ2v) is 5.89. The minimum Gasteiger partial charge on any atom is -0.497 e. The fourth-order valence-electron chi connectivity index (χ4n) is 2.34. The number of nitrogens with zero attached hydrogens (tertiary/aromatic N) is 1. The standard InChI is InChI=1S/C19H22ClNO4/c1-21(10-5-11-25-16-7-4-6-14(20)12-16)19(22)17-13-15(23-2)8-9-18(17)24-3/h4,6-9,12-13H,5,10-11H2,1-3H3. The van der Waals surface area contributed by atoms with Crippen molar-refractivity contribution in [3.63, 3.8) is 0 Å². The zero-order valence-corrected chi connectivity index (χ0v) is 15.4. The van der Waals surface area contributed by atoms with Crippen LogP contribution < -0.4 is 14.2 Å². The van der Waals surface area contributed by atoms with Gasteiger partial charge in [-0.2, -0.15) is 0 Å². The smallest absolute Gasteiger partial charge is 0.257 e. The van der Waals surface area contributed by atoms with Crippen molar-refractivity contribution in [1.29, 1.82) is 0 Å². The van der Waals surface area contributed by atoms with Crippen molar-refractivity contribution in [3.05, 3.63) is 53.1 Å². The molecule has 25 heavy (non-hydrogen) atoms. The van der Waals surface area contributed by atoms with Gasteiger partial charge in [-0.15, -0.1) is 0 Å². The van der Waals surface area contributed by atoms with E-state index < -0.39 is 0 Å². The number of ether oxygens (including phenoxy) is 3. The minimum atomic E-state index is -0.126. The Hall–Kier alpha value is -2.40. The van der Waals surface area contributed by atoms with Crippen LogP contribution in [0.25, 0.3) is 0 Å². The van der Waals surface area contributed by atoms with Crippen molar-refractivity contribution in [3.8, 4) is 17.2 Å². The summed E-state index contributed by atoms with van der Waals surface area (Å²) < 4.78 is 16.1. The maximum atomic E-state index is 12.6. The molecule has 0 aliphatic rings. The highest BCUT2D eigenvalue weighted by Crippen LogP contribution is 2.25. The molecule has 0 spiro atoms. The number of carbonyl (C=O) groups is 1. The number of methoxy groups -OCH3 is 2. The third-order valence-corrected chi connectivity index (χ3v) is 3.92. The molecular weight excluding hydrogens is 342 g/mol. The molecule has 6 heteroatoms. The lowest BCUT2D eigenvalue weighted by atomic mass is 10.1. The summed E-state index contributed by atoms with van der Waals surface area (Å²) in [5, 5.41) is 0.634. The number of carbonyl (C=O) groups excluding carboxylic acids is 1. The van der Waals surface area contributed by atoms with Crippen LogP contribution in [0.5, 0.6) is 17.2 Å². The van der Waals surface area contributed by atoms with Gasteiger partial charge in [0.1, 0.15) is 17.2 Å². The molecule has 0 saturated carbocycles. The fraction of sp³-hybridized carbons (Fsp3) is 0.316. The Kier molecular flexibility index (Phi) is 6.95. The van der Waals surface area contributed by atoms with E-state index in [9.17, 15) is 4.79 Å². The topological polar surface area (TPSA) is 48.0 Å². The van der Waals surface area contributed by atoms with Crippen LogP contribution in [0.15, 0.2) is 42.5 Å². The molecule has 0 N–H and O–H groups in total. The first-order valence-corrected chi connectivity index (χ1v) is 8.29. The van der Waals surface area contributed by atoms with Gasteiger partial charge in [-0.3, -0.25) is 4.79 Å². The van der Waals surface area contributed by atoms with Crippen LogP contribution in [0.1, 0.15) is 16.8 Å². The first-order chi connectivity index (χ1) is 12.0. The molecule has 2 rings (SSSR count). The monoisotopic (exact) mass is 363 g/mol. The number of rotatable bonds is 8. The Morgan fingerprint density at radius 1 is 1.08 bits per heavy atom. The van der Waals surface area contributed by atoms with Crippen molar-refractivity contribution >= 4 is 17.5 Å². The summed E-state index contributed by atoms with van der Waals surface area (Å²) in [6.45, 7) is 1.05. The molecule has 5 nitrogen and oxygen atoms in total. The van der Waals surface area contributed by atoms with E-state index in [0.717, 1.165) is 5.75 Å². The number of halogens is 1. The number of benzene rings is 2. The van der Waals surface area contributed by atoms with Gasteiger partial charge < -0.3 is 19.1 Å². The van der Waals surface area contributed by atoms with Crippen molar-refractivity contribution < 1.29 is 19.0 Å². The molecule has 2 aromatic rings. The van der Waals surface area contributed by atoms with Crippen LogP contribution in [-0.2, 0) is 0 Å². The van der Waals surface area contributed by atoms with E-state index >= 15 is 0 Å². The summed E-state index contributed by atoms with van der Waals surface area (Å²) in [7, 11) is 4.85. The predicted octanol–water partition coefficient (Wildman–Crippen LogP) is 3.90. The van der Waals surface area contributed by atoms with E-state index in [1.165, 1.54) is 7.11 Å². The quantitative estimate of drug-likeness (QED) is 0.667. The lowest BCUT2D eigenvalue weighted by Crippen LogP contribution is -2.29. The second-order valence-electron chi connectivity index (χ2n) is 5.45. The summed E-state index contributed by atoms with van der Waals surface area (Å²) >= 11 is 5.92. The summed E-state index contributed by atoms with van der Waals surface area (Å²) in [4.78, 5) is 14.3. The molecule has 1 amide bonds. The third kappa shape index (κ3) is 5.29. The van der Waals surface area contributed by atoms with E-state index in [2.05, 4.69) is 0 Å². The largest absolute Gasteiger partial charge is 0.497 e. The molecule has 134 valence electrons. The van der Waals surface area contributed by atoms with E-state index in [1.54, 1.807) is 49.4 Å². The Labute approximate surface area is 153 Å². The minimum absolute atomic E-state index is 0.126. The van der Waals surface area contributed by atoms with Crippen molar-refractivity contribution in [2.75, 3.05) is 34.4 Å². The molecule has 0 bridgehead atoms. The zero-order chi connectivity index (χ0) is 18.2. The van der Waals surface area contributed by atoms with Gasteiger partial charge in [-0.05, 0) is 42.8 Å². The van der Waals surface area contributed by atoms with Crippen LogP contribution in [0.2, 0.25) is 5.02 Å². The summed E-state index contributed by atoms with van der Waals surface area (Å²) in [6, 6.07) is 12.4. The number of amides is 1.